The van der Waals surface area contributed by atoms with Gasteiger partial charge in [-0.2, -0.15) is 4.98 Å². The monoisotopic (exact) mass is 268 g/mol. The Morgan fingerprint density at radius 3 is 2.94 bits per heavy atom. The molecule has 0 aliphatic carbocycles. The summed E-state index contributed by atoms with van der Waals surface area (Å²) in [5.41, 5.74) is 6.03. The molecule has 0 saturated carbocycles. The van der Waals surface area contributed by atoms with Gasteiger partial charge < -0.3 is 15.8 Å². The summed E-state index contributed by atoms with van der Waals surface area (Å²) in [4.78, 5) is 7.67. The number of benzene rings is 1. The number of nitrogens with one attached hydrogen (secondary N) is 1. The van der Waals surface area contributed by atoms with Gasteiger partial charge in [-0.05, 0) is 12.1 Å². The van der Waals surface area contributed by atoms with Gasteiger partial charge in [-0.25, -0.2) is 9.37 Å². The lowest BCUT2D eigenvalue weighted by Gasteiger charge is -2.09. The minimum Gasteiger partial charge on any atom is -0.494 e. The summed E-state index contributed by atoms with van der Waals surface area (Å²) in [7, 11) is 1.39. The Labute approximate surface area is 108 Å². The van der Waals surface area contributed by atoms with Gasteiger partial charge in [0.05, 0.1) is 13.3 Å². The van der Waals surface area contributed by atoms with E-state index in [2.05, 4.69) is 15.3 Å². The summed E-state index contributed by atoms with van der Waals surface area (Å²) in [6, 6.07) is 4.30. The van der Waals surface area contributed by atoms with Crippen LogP contribution in [0.25, 0.3) is 0 Å². The molecule has 0 spiro atoms. The molecule has 1 heterocycles. The molecule has 0 bridgehead atoms. The van der Waals surface area contributed by atoms with E-state index in [0.717, 1.165) is 0 Å². The van der Waals surface area contributed by atoms with E-state index in [9.17, 15) is 4.39 Å². The van der Waals surface area contributed by atoms with Gasteiger partial charge in [0.1, 0.15) is 5.02 Å². The van der Waals surface area contributed by atoms with Crippen LogP contribution in [0.2, 0.25) is 5.02 Å². The summed E-state index contributed by atoms with van der Waals surface area (Å²) in [6.07, 6.45) is 1.38. The highest BCUT2D eigenvalue weighted by molar-refractivity contribution is 6.32. The highest BCUT2D eigenvalue weighted by Crippen LogP contribution is 2.26. The van der Waals surface area contributed by atoms with E-state index in [-0.39, 0.29) is 11.7 Å². The highest BCUT2D eigenvalue weighted by Gasteiger charge is 2.07. The van der Waals surface area contributed by atoms with E-state index >= 15 is 0 Å². The zero-order valence-electron chi connectivity index (χ0n) is 9.45. The Balaban J connectivity index is 2.31. The summed E-state index contributed by atoms with van der Waals surface area (Å²) in [5.74, 6) is 0.114. The van der Waals surface area contributed by atoms with Crippen LogP contribution in [0.4, 0.5) is 21.8 Å². The summed E-state index contributed by atoms with van der Waals surface area (Å²) in [6.45, 7) is 0. The third kappa shape index (κ3) is 2.60. The van der Waals surface area contributed by atoms with Crippen LogP contribution < -0.4 is 15.8 Å². The van der Waals surface area contributed by atoms with Crippen molar-refractivity contribution in [3.8, 4) is 5.75 Å². The molecule has 0 radical (unpaired) electrons. The Morgan fingerprint density at radius 1 is 1.44 bits per heavy atom. The molecule has 3 N–H and O–H groups in total. The van der Waals surface area contributed by atoms with Gasteiger partial charge >= 0.3 is 0 Å². The molecule has 7 heteroatoms. The fourth-order valence-electron chi connectivity index (χ4n) is 1.34. The molecule has 0 unspecified atom stereocenters. The van der Waals surface area contributed by atoms with Crippen molar-refractivity contribution in [1.29, 1.82) is 0 Å². The van der Waals surface area contributed by atoms with Crippen molar-refractivity contribution in [2.24, 2.45) is 0 Å². The van der Waals surface area contributed by atoms with Crippen LogP contribution in [0, 0.1) is 5.82 Å². The van der Waals surface area contributed by atoms with E-state index in [0.29, 0.717) is 16.5 Å². The molecule has 94 valence electrons. The number of nitrogens with two attached hydrogens (primary N) is 1. The van der Waals surface area contributed by atoms with Crippen LogP contribution in [-0.4, -0.2) is 17.1 Å². The number of aromatic nitrogens is 2. The molecule has 2 rings (SSSR count). The number of methoxy groups -OCH3 is 1. The fraction of sp³-hybridized carbons (Fsp3) is 0.0909. The number of nitrogens with zero attached hydrogens (tertiary/aromatic N) is 2. The van der Waals surface area contributed by atoms with E-state index in [1.165, 1.54) is 31.5 Å². The average Bonchev–Trinajstić information content (AvgIpc) is 2.36. The normalized spacial score (nSPS) is 10.2. The molecule has 1 aromatic heterocycles. The summed E-state index contributed by atoms with van der Waals surface area (Å²) >= 11 is 5.90. The van der Waals surface area contributed by atoms with Crippen LogP contribution in [0.15, 0.2) is 24.4 Å². The number of hydrogen-bond acceptors (Lipinski definition) is 5. The number of nitrogen functional groups attached to an aromatic ring is 1. The van der Waals surface area contributed by atoms with E-state index in [1.807, 2.05) is 0 Å². The maximum absolute atomic E-state index is 13.2. The molecule has 0 aliphatic heterocycles. The van der Waals surface area contributed by atoms with Gasteiger partial charge in [0.25, 0.3) is 0 Å². The van der Waals surface area contributed by atoms with E-state index in [4.69, 9.17) is 22.1 Å². The summed E-state index contributed by atoms with van der Waals surface area (Å²) < 4.78 is 18.1. The van der Waals surface area contributed by atoms with Gasteiger partial charge in [0.15, 0.2) is 17.4 Å². The van der Waals surface area contributed by atoms with Gasteiger partial charge in [-0.1, -0.05) is 11.6 Å². The standard InChI is InChI=1S/C11H10ClFN4O/c1-18-9-4-6(2-3-8(9)13)16-10-7(12)5-15-11(14)17-10/h2-5H,1H3,(H3,14,15,16,17). The molecule has 0 aliphatic rings. The van der Waals surface area contributed by atoms with E-state index < -0.39 is 5.82 Å². The maximum Gasteiger partial charge on any atom is 0.222 e. The largest absolute Gasteiger partial charge is 0.494 e. The van der Waals surface area contributed by atoms with Crippen molar-refractivity contribution < 1.29 is 9.13 Å². The lowest BCUT2D eigenvalue weighted by atomic mass is 10.3. The molecular formula is C11H10ClFN4O. The second-order valence-corrected chi connectivity index (χ2v) is 3.81. The number of rotatable bonds is 3. The Kier molecular flexibility index (Phi) is 3.47. The van der Waals surface area contributed by atoms with Crippen LogP contribution >= 0.6 is 11.6 Å². The molecular weight excluding hydrogens is 259 g/mol. The SMILES string of the molecule is COc1cc(Nc2nc(N)ncc2Cl)ccc1F. The first kappa shape index (κ1) is 12.4. The number of ether oxygens (including phenoxy) is 1. The second-order valence-electron chi connectivity index (χ2n) is 3.40. The van der Waals surface area contributed by atoms with Crippen molar-refractivity contribution in [2.75, 3.05) is 18.2 Å². The minimum absolute atomic E-state index is 0.0935. The first-order valence-corrected chi connectivity index (χ1v) is 5.36. The lowest BCUT2D eigenvalue weighted by Crippen LogP contribution is -2.00. The van der Waals surface area contributed by atoms with Crippen molar-refractivity contribution in [3.63, 3.8) is 0 Å². The molecule has 5 nitrogen and oxygen atoms in total. The van der Waals surface area contributed by atoms with Crippen molar-refractivity contribution in [2.45, 2.75) is 0 Å². The maximum atomic E-state index is 13.2. The smallest absolute Gasteiger partial charge is 0.222 e. The van der Waals surface area contributed by atoms with Crippen LogP contribution in [0.3, 0.4) is 0 Å². The molecule has 0 atom stereocenters. The van der Waals surface area contributed by atoms with Gasteiger partial charge in [-0.3, -0.25) is 0 Å². The average molecular weight is 269 g/mol. The molecule has 0 saturated heterocycles. The Morgan fingerprint density at radius 2 is 2.22 bits per heavy atom. The molecule has 2 aromatic rings. The van der Waals surface area contributed by atoms with Gasteiger partial charge in [0.2, 0.25) is 5.95 Å². The molecule has 0 fully saturated rings. The molecule has 1 aromatic carbocycles. The predicted octanol–water partition coefficient (Wildman–Crippen LogP) is 2.60. The highest BCUT2D eigenvalue weighted by atomic mass is 35.5. The fourth-order valence-corrected chi connectivity index (χ4v) is 1.48. The first-order valence-electron chi connectivity index (χ1n) is 4.98. The Bertz CT molecular complexity index is 579. The van der Waals surface area contributed by atoms with Crippen molar-refractivity contribution in [1.82, 2.24) is 9.97 Å². The number of hydrogen-bond donors (Lipinski definition) is 2. The molecule has 18 heavy (non-hydrogen) atoms. The van der Waals surface area contributed by atoms with E-state index in [1.54, 1.807) is 0 Å². The minimum atomic E-state index is -0.448. The zero-order valence-corrected chi connectivity index (χ0v) is 10.2. The quantitative estimate of drug-likeness (QED) is 0.895. The topological polar surface area (TPSA) is 73.1 Å². The van der Waals surface area contributed by atoms with Crippen LogP contribution in [0.1, 0.15) is 0 Å². The molecule has 0 amide bonds. The van der Waals surface area contributed by atoms with Crippen molar-refractivity contribution >= 4 is 29.1 Å². The third-order valence-electron chi connectivity index (χ3n) is 2.18. The Hall–Kier alpha value is -2.08. The summed E-state index contributed by atoms with van der Waals surface area (Å²) in [5, 5.41) is 3.22. The second kappa shape index (κ2) is 5.05. The predicted molar refractivity (Wildman–Crippen MR) is 67.7 cm³/mol. The number of anilines is 3. The van der Waals surface area contributed by atoms with Crippen LogP contribution in [-0.2, 0) is 0 Å². The van der Waals surface area contributed by atoms with Crippen LogP contribution in [0.5, 0.6) is 5.75 Å². The number of halogens is 2. The lowest BCUT2D eigenvalue weighted by molar-refractivity contribution is 0.387. The van der Waals surface area contributed by atoms with Crippen molar-refractivity contribution in [3.05, 3.63) is 35.2 Å². The zero-order chi connectivity index (χ0) is 13.1. The van der Waals surface area contributed by atoms with Gasteiger partial charge in [0, 0.05) is 11.8 Å². The first-order chi connectivity index (χ1) is 8.60. The third-order valence-corrected chi connectivity index (χ3v) is 2.45. The van der Waals surface area contributed by atoms with Gasteiger partial charge in [-0.15, -0.1) is 0 Å².